The van der Waals surface area contributed by atoms with E-state index in [1.165, 1.54) is 6.07 Å². The first-order chi connectivity index (χ1) is 15.5. The number of pyridine rings is 1. The highest BCUT2D eigenvalue weighted by Gasteiger charge is 2.37. The highest BCUT2D eigenvalue weighted by atomic mass is 16.8. The van der Waals surface area contributed by atoms with Crippen LogP contribution < -0.4 is 10.8 Å². The summed E-state index contributed by atoms with van der Waals surface area (Å²) in [5.74, 6) is 0.114. The number of hydrogen-bond donors (Lipinski definition) is 1. The van der Waals surface area contributed by atoms with Crippen molar-refractivity contribution in [3.05, 3.63) is 69.4 Å². The maximum atomic E-state index is 13.5. The topological polar surface area (TPSA) is 103 Å². The number of hydrogen-bond acceptors (Lipinski definition) is 6. The van der Waals surface area contributed by atoms with E-state index in [2.05, 4.69) is 4.57 Å². The Morgan fingerprint density at radius 3 is 2.84 bits per heavy atom. The van der Waals surface area contributed by atoms with E-state index in [-0.39, 0.29) is 28.7 Å². The number of piperidine rings is 1. The van der Waals surface area contributed by atoms with Gasteiger partial charge in [0.15, 0.2) is 0 Å². The maximum absolute atomic E-state index is 13.5. The molecule has 1 unspecified atom stereocenters. The number of amides is 1. The van der Waals surface area contributed by atoms with Gasteiger partial charge >= 0.3 is 0 Å². The Bertz CT molecular complexity index is 1230. The van der Waals surface area contributed by atoms with Gasteiger partial charge in [-0.15, -0.1) is 0 Å². The molecule has 1 fully saturated rings. The fourth-order valence-corrected chi connectivity index (χ4v) is 5.21. The van der Waals surface area contributed by atoms with Crippen molar-refractivity contribution in [1.82, 2.24) is 14.0 Å². The van der Waals surface area contributed by atoms with Crippen molar-refractivity contribution in [2.75, 3.05) is 32.0 Å². The molecule has 2 bridgehead atoms. The van der Waals surface area contributed by atoms with Gasteiger partial charge in [0.05, 0.1) is 6.61 Å². The van der Waals surface area contributed by atoms with E-state index >= 15 is 0 Å². The van der Waals surface area contributed by atoms with E-state index in [1.54, 1.807) is 17.7 Å². The Balaban J connectivity index is 1.44. The van der Waals surface area contributed by atoms with E-state index in [0.29, 0.717) is 38.3 Å². The van der Waals surface area contributed by atoms with Crippen molar-refractivity contribution >= 4 is 22.5 Å². The number of ether oxygens (including phenoxy) is 1. The molecule has 1 saturated heterocycles. The number of anilines is 1. The van der Waals surface area contributed by atoms with Crippen LogP contribution >= 0.6 is 0 Å². The first-order valence-electron chi connectivity index (χ1n) is 10.7. The molecule has 2 aliphatic rings. The van der Waals surface area contributed by atoms with Crippen molar-refractivity contribution in [1.29, 1.82) is 0 Å². The summed E-state index contributed by atoms with van der Waals surface area (Å²) in [7, 11) is 1.67. The van der Waals surface area contributed by atoms with E-state index in [9.17, 15) is 20.0 Å². The van der Waals surface area contributed by atoms with Gasteiger partial charge in [0.2, 0.25) is 0 Å². The lowest BCUT2D eigenvalue weighted by Crippen LogP contribution is -2.49. The van der Waals surface area contributed by atoms with Crippen LogP contribution in [-0.2, 0) is 17.8 Å². The third-order valence-corrected chi connectivity index (χ3v) is 6.66. The number of carbonyl (C=O) groups excluding carboxylic acids is 1. The van der Waals surface area contributed by atoms with Crippen LogP contribution in [0.3, 0.4) is 0 Å². The number of methoxy groups -OCH3 is 1. The molecule has 0 spiro atoms. The molecule has 9 heteroatoms. The lowest BCUT2D eigenvalue weighted by atomic mass is 9.83. The van der Waals surface area contributed by atoms with Crippen LogP contribution in [0.1, 0.15) is 28.4 Å². The zero-order valence-electron chi connectivity index (χ0n) is 17.8. The standard InChI is InChI=1S/C23H25N4O5/c1-32-10-9-24-8-7-17-18(3-2-4-20(17)24)22(28)25-12-15-11-16(14-25)19-5-6-21(27(30)31)23(29)26(19)13-15/h2-8,15-16,30H,9-14H2,1H3/q-1/t15-,16?/m0/s1. The second kappa shape index (κ2) is 8.09. The summed E-state index contributed by atoms with van der Waals surface area (Å²) in [6.07, 6.45) is 2.87. The summed E-state index contributed by atoms with van der Waals surface area (Å²) in [4.78, 5) is 28.0. The minimum Gasteiger partial charge on any atom is -0.733 e. The molecule has 0 aliphatic carbocycles. The Labute approximate surface area is 184 Å². The van der Waals surface area contributed by atoms with Gasteiger partial charge in [-0.2, -0.15) is 0 Å². The van der Waals surface area contributed by atoms with Crippen LogP contribution in [-0.4, -0.2) is 52.0 Å². The molecule has 1 aromatic carbocycles. The minimum atomic E-state index is -0.489. The summed E-state index contributed by atoms with van der Waals surface area (Å²) in [6.45, 7) is 2.79. The average Bonchev–Trinajstić information content (AvgIpc) is 3.20. The van der Waals surface area contributed by atoms with Gasteiger partial charge in [0.25, 0.3) is 11.5 Å². The molecule has 2 atom stereocenters. The molecule has 32 heavy (non-hydrogen) atoms. The second-order valence-corrected chi connectivity index (χ2v) is 8.58. The van der Waals surface area contributed by atoms with Crippen LogP contribution in [0.4, 0.5) is 5.69 Å². The smallest absolute Gasteiger partial charge is 0.275 e. The van der Waals surface area contributed by atoms with Crippen LogP contribution in [0, 0.1) is 11.1 Å². The molecule has 0 saturated carbocycles. The molecule has 1 N–H and O–H groups in total. The number of carbonyl (C=O) groups is 1. The first kappa shape index (κ1) is 20.7. The fourth-order valence-electron chi connectivity index (χ4n) is 5.21. The highest BCUT2D eigenvalue weighted by molar-refractivity contribution is 6.06. The number of fused-ring (bicyclic) bond motifs is 5. The predicted octanol–water partition coefficient (Wildman–Crippen LogP) is 2.40. The van der Waals surface area contributed by atoms with Crippen LogP contribution in [0.15, 0.2) is 47.4 Å². The quantitative estimate of drug-likeness (QED) is 0.615. The van der Waals surface area contributed by atoms with Gasteiger partial charge in [0, 0.05) is 67.6 Å². The molecular weight excluding hydrogens is 412 g/mol. The molecule has 5 rings (SSSR count). The van der Waals surface area contributed by atoms with Gasteiger partial charge in [0.1, 0.15) is 5.69 Å². The van der Waals surface area contributed by atoms with Crippen molar-refractivity contribution in [2.24, 2.45) is 5.92 Å². The highest BCUT2D eigenvalue weighted by Crippen LogP contribution is 2.36. The molecule has 2 aliphatic heterocycles. The third-order valence-electron chi connectivity index (χ3n) is 6.66. The van der Waals surface area contributed by atoms with Crippen LogP contribution in [0.5, 0.6) is 0 Å². The molecule has 0 radical (unpaired) electrons. The summed E-state index contributed by atoms with van der Waals surface area (Å²) >= 11 is 0. The third kappa shape index (κ3) is 3.38. The normalized spacial score (nSPS) is 19.8. The number of benzene rings is 1. The summed E-state index contributed by atoms with van der Waals surface area (Å²) in [6, 6.07) is 10.8. The Hall–Kier alpha value is -3.14. The second-order valence-electron chi connectivity index (χ2n) is 8.58. The van der Waals surface area contributed by atoms with E-state index in [1.807, 2.05) is 35.4 Å². The molecule has 3 aromatic rings. The summed E-state index contributed by atoms with van der Waals surface area (Å²) in [5, 5.41) is 21.0. The largest absolute Gasteiger partial charge is 0.733 e. The molecular formula is C23H25N4O5-. The summed E-state index contributed by atoms with van der Waals surface area (Å²) in [5.41, 5.74) is 1.70. The lowest BCUT2D eigenvalue weighted by molar-refractivity contribution is 0.0596. The predicted molar refractivity (Wildman–Crippen MR) is 119 cm³/mol. The summed E-state index contributed by atoms with van der Waals surface area (Å²) < 4.78 is 8.84. The van der Waals surface area contributed by atoms with Crippen molar-refractivity contribution in [2.45, 2.75) is 25.4 Å². The fraction of sp³-hybridized carbons (Fsp3) is 0.391. The number of rotatable bonds is 5. The van der Waals surface area contributed by atoms with Gasteiger partial charge in [-0.3, -0.25) is 14.8 Å². The lowest BCUT2D eigenvalue weighted by Gasteiger charge is -2.43. The van der Waals surface area contributed by atoms with Gasteiger partial charge < -0.3 is 29.2 Å². The average molecular weight is 437 g/mol. The zero-order chi connectivity index (χ0) is 22.4. The molecule has 2 aromatic heterocycles. The van der Waals surface area contributed by atoms with E-state index < -0.39 is 5.56 Å². The van der Waals surface area contributed by atoms with Gasteiger partial charge in [-0.1, -0.05) is 6.07 Å². The molecule has 1 amide bonds. The number of aromatic nitrogens is 2. The Kier molecular flexibility index (Phi) is 5.24. The Morgan fingerprint density at radius 2 is 2.06 bits per heavy atom. The van der Waals surface area contributed by atoms with Crippen molar-refractivity contribution in [3.63, 3.8) is 0 Å². The zero-order valence-corrected chi connectivity index (χ0v) is 17.8. The monoisotopic (exact) mass is 437 g/mol. The van der Waals surface area contributed by atoms with Gasteiger partial charge in [-0.25, -0.2) is 0 Å². The van der Waals surface area contributed by atoms with E-state index in [0.717, 1.165) is 23.0 Å². The molecule has 9 nitrogen and oxygen atoms in total. The molecule has 4 heterocycles. The van der Waals surface area contributed by atoms with Crippen LogP contribution in [0.2, 0.25) is 0 Å². The SMILES string of the molecule is COCCn1ccc2c(C(=O)N3CC4C[C@@H](C3)Cn3c4ccc(N([O-])O)c3=O)cccc21. The Morgan fingerprint density at radius 1 is 1.22 bits per heavy atom. The first-order valence-corrected chi connectivity index (χ1v) is 10.7. The maximum Gasteiger partial charge on any atom is 0.275 e. The minimum absolute atomic E-state index is 0.0108. The van der Waals surface area contributed by atoms with Gasteiger partial charge in [-0.05, 0) is 42.7 Å². The van der Waals surface area contributed by atoms with Crippen molar-refractivity contribution < 1.29 is 14.7 Å². The number of likely N-dealkylation sites (tertiary alicyclic amines) is 1. The van der Waals surface area contributed by atoms with Crippen molar-refractivity contribution in [3.8, 4) is 0 Å². The molecule has 168 valence electrons. The van der Waals surface area contributed by atoms with E-state index in [4.69, 9.17) is 4.74 Å². The number of nitrogens with zero attached hydrogens (tertiary/aromatic N) is 4. The van der Waals surface area contributed by atoms with Crippen LogP contribution in [0.25, 0.3) is 10.9 Å².